The molecule has 2 heterocycles. The highest BCUT2D eigenvalue weighted by Crippen LogP contribution is 2.25. The molecule has 13 heteroatoms. The van der Waals surface area contributed by atoms with Gasteiger partial charge in [-0.3, -0.25) is 4.79 Å². The minimum atomic E-state index is -3.96. The number of ether oxygens (including phenoxy) is 1. The van der Waals surface area contributed by atoms with Gasteiger partial charge in [-0.2, -0.15) is 8.61 Å². The molecule has 1 saturated heterocycles. The number of nitrogens with two attached hydrogens (primary N) is 1. The molecular weight excluding hydrogens is 422 g/mol. The summed E-state index contributed by atoms with van der Waals surface area (Å²) in [6.07, 6.45) is 2.78. The van der Waals surface area contributed by atoms with Crippen LogP contribution in [0.3, 0.4) is 0 Å². The predicted molar refractivity (Wildman–Crippen MR) is 102 cm³/mol. The molecule has 1 aromatic carbocycles. The van der Waals surface area contributed by atoms with Gasteiger partial charge < -0.3 is 15.5 Å². The standard InChI is InChI=1S/C16H21N5O6S2/c1-27-14-4-3-12(9-13(14)16(17)22)28(23,24)20-5-2-6-21(8-7-20)29(25,26)15-10-18-11-19-15/h3-4,9-11H,2,5-8H2,1H3,(H2,17,22)(H,18,19). The summed E-state index contributed by atoms with van der Waals surface area (Å²) < 4.78 is 58.8. The lowest BCUT2D eigenvalue weighted by Crippen LogP contribution is -2.37. The molecule has 0 bridgehead atoms. The summed E-state index contributed by atoms with van der Waals surface area (Å²) in [6, 6.07) is 3.85. The zero-order valence-electron chi connectivity index (χ0n) is 15.6. The van der Waals surface area contributed by atoms with Crippen LogP contribution in [0.5, 0.6) is 5.75 Å². The van der Waals surface area contributed by atoms with Crippen molar-refractivity contribution in [3.05, 3.63) is 36.3 Å². The van der Waals surface area contributed by atoms with Crippen LogP contribution in [0, 0.1) is 0 Å². The van der Waals surface area contributed by atoms with Crippen molar-refractivity contribution in [3.8, 4) is 5.75 Å². The SMILES string of the molecule is COc1ccc(S(=O)(=O)N2CCCN(S(=O)(=O)c3cnc[nH]3)CC2)cc1C(N)=O. The van der Waals surface area contributed by atoms with Gasteiger partial charge in [0, 0.05) is 26.2 Å². The summed E-state index contributed by atoms with van der Waals surface area (Å²) in [7, 11) is -6.40. The first-order valence-corrected chi connectivity index (χ1v) is 11.5. The minimum Gasteiger partial charge on any atom is -0.496 e. The van der Waals surface area contributed by atoms with Crippen LogP contribution in [0.4, 0.5) is 0 Å². The molecule has 1 aliphatic heterocycles. The molecule has 1 aliphatic rings. The van der Waals surface area contributed by atoms with Gasteiger partial charge in [-0.1, -0.05) is 0 Å². The number of hydrogen-bond acceptors (Lipinski definition) is 7. The van der Waals surface area contributed by atoms with E-state index in [-0.39, 0.29) is 47.4 Å². The number of rotatable bonds is 6. The van der Waals surface area contributed by atoms with E-state index < -0.39 is 26.0 Å². The third-order valence-corrected chi connectivity index (χ3v) is 8.30. The lowest BCUT2D eigenvalue weighted by atomic mass is 10.2. The highest BCUT2D eigenvalue weighted by molar-refractivity contribution is 7.89. The number of methoxy groups -OCH3 is 1. The van der Waals surface area contributed by atoms with Gasteiger partial charge in [0.25, 0.3) is 15.9 Å². The van der Waals surface area contributed by atoms with Gasteiger partial charge in [-0.25, -0.2) is 21.8 Å². The molecule has 0 unspecified atom stereocenters. The van der Waals surface area contributed by atoms with Gasteiger partial charge in [0.1, 0.15) is 5.75 Å². The third kappa shape index (κ3) is 4.12. The van der Waals surface area contributed by atoms with E-state index in [1.54, 1.807) is 0 Å². The Balaban J connectivity index is 1.84. The van der Waals surface area contributed by atoms with E-state index in [9.17, 15) is 21.6 Å². The Hall–Kier alpha value is -2.48. The van der Waals surface area contributed by atoms with Gasteiger partial charge in [0.2, 0.25) is 10.0 Å². The van der Waals surface area contributed by atoms with Crippen molar-refractivity contribution in [1.82, 2.24) is 18.6 Å². The number of aromatic nitrogens is 2. The van der Waals surface area contributed by atoms with E-state index in [0.717, 1.165) is 0 Å². The fraction of sp³-hybridized carbons (Fsp3) is 0.375. The molecule has 0 atom stereocenters. The maximum atomic E-state index is 13.0. The Morgan fingerprint density at radius 3 is 2.31 bits per heavy atom. The first-order chi connectivity index (χ1) is 13.7. The van der Waals surface area contributed by atoms with Crippen LogP contribution < -0.4 is 10.5 Å². The highest BCUT2D eigenvalue weighted by Gasteiger charge is 2.32. The van der Waals surface area contributed by atoms with Crippen LogP contribution in [0.25, 0.3) is 0 Å². The largest absolute Gasteiger partial charge is 0.496 e. The van der Waals surface area contributed by atoms with Crippen LogP contribution in [-0.2, 0) is 20.0 Å². The van der Waals surface area contributed by atoms with Gasteiger partial charge in [-0.05, 0) is 24.6 Å². The van der Waals surface area contributed by atoms with Crippen molar-refractivity contribution in [2.24, 2.45) is 5.73 Å². The summed E-state index contributed by atoms with van der Waals surface area (Å²) in [6.45, 7) is 0.255. The molecule has 158 valence electrons. The lowest BCUT2D eigenvalue weighted by Gasteiger charge is -2.21. The summed E-state index contributed by atoms with van der Waals surface area (Å²) in [5, 5.41) is -0.0462. The van der Waals surface area contributed by atoms with Gasteiger partial charge in [0.15, 0.2) is 5.03 Å². The fourth-order valence-corrected chi connectivity index (χ4v) is 5.92. The number of amides is 1. The molecule has 0 aliphatic carbocycles. The number of nitrogens with zero attached hydrogens (tertiary/aromatic N) is 3. The topological polar surface area (TPSA) is 156 Å². The summed E-state index contributed by atoms with van der Waals surface area (Å²) in [4.78, 5) is 17.8. The molecule has 3 rings (SSSR count). The number of sulfonamides is 2. The van der Waals surface area contributed by atoms with Crippen LogP contribution in [0.15, 0.2) is 40.6 Å². The van der Waals surface area contributed by atoms with Gasteiger partial charge in [-0.15, -0.1) is 0 Å². The van der Waals surface area contributed by atoms with E-state index in [2.05, 4.69) is 9.97 Å². The molecule has 11 nitrogen and oxygen atoms in total. The molecule has 3 N–H and O–H groups in total. The number of H-pyrrole nitrogens is 1. The second-order valence-corrected chi connectivity index (χ2v) is 10.1. The van der Waals surface area contributed by atoms with E-state index in [4.69, 9.17) is 10.5 Å². The Kier molecular flexibility index (Phi) is 5.93. The van der Waals surface area contributed by atoms with Crippen LogP contribution in [0.1, 0.15) is 16.8 Å². The maximum absolute atomic E-state index is 13.0. The van der Waals surface area contributed by atoms with Crippen molar-refractivity contribution < 1.29 is 26.4 Å². The molecule has 29 heavy (non-hydrogen) atoms. The molecule has 0 saturated carbocycles. The first-order valence-electron chi connectivity index (χ1n) is 8.64. The van der Waals surface area contributed by atoms with Crippen molar-refractivity contribution in [2.45, 2.75) is 16.3 Å². The quantitative estimate of drug-likeness (QED) is 0.615. The summed E-state index contributed by atoms with van der Waals surface area (Å²) in [5.74, 6) is -0.643. The molecule has 0 radical (unpaired) electrons. The van der Waals surface area contributed by atoms with Crippen LogP contribution in [-0.4, -0.2) is 74.6 Å². The van der Waals surface area contributed by atoms with E-state index in [1.807, 2.05) is 0 Å². The fourth-order valence-electron chi connectivity index (χ4n) is 3.06. The van der Waals surface area contributed by atoms with Crippen molar-refractivity contribution in [2.75, 3.05) is 33.3 Å². The minimum absolute atomic E-state index is 0.0145. The molecular formula is C16H21N5O6S2. The smallest absolute Gasteiger partial charge is 0.260 e. The van der Waals surface area contributed by atoms with E-state index in [1.165, 1.54) is 46.4 Å². The Morgan fingerprint density at radius 1 is 1.10 bits per heavy atom. The molecule has 2 aromatic rings. The van der Waals surface area contributed by atoms with Crippen molar-refractivity contribution >= 4 is 26.0 Å². The van der Waals surface area contributed by atoms with Gasteiger partial charge >= 0.3 is 0 Å². The maximum Gasteiger partial charge on any atom is 0.260 e. The average Bonchev–Trinajstić information content (AvgIpc) is 3.12. The number of benzene rings is 1. The first kappa shape index (κ1) is 21.2. The second kappa shape index (κ2) is 8.10. The molecule has 1 aromatic heterocycles. The van der Waals surface area contributed by atoms with Crippen molar-refractivity contribution in [1.29, 1.82) is 0 Å². The normalized spacial score (nSPS) is 17.0. The molecule has 1 fully saturated rings. The number of carbonyl (C=O) groups is 1. The van der Waals surface area contributed by atoms with Crippen LogP contribution in [0.2, 0.25) is 0 Å². The molecule has 0 spiro atoms. The lowest BCUT2D eigenvalue weighted by molar-refractivity contribution is 0.0997. The number of nitrogens with one attached hydrogen (secondary N) is 1. The Morgan fingerprint density at radius 2 is 1.76 bits per heavy atom. The number of hydrogen-bond donors (Lipinski definition) is 2. The summed E-state index contributed by atoms with van der Waals surface area (Å²) in [5.41, 5.74) is 5.26. The molecule has 1 amide bonds. The number of imidazole rings is 1. The van der Waals surface area contributed by atoms with Crippen LogP contribution >= 0.6 is 0 Å². The Labute approximate surface area is 168 Å². The van der Waals surface area contributed by atoms with E-state index in [0.29, 0.717) is 6.42 Å². The number of carbonyl (C=O) groups excluding carboxylic acids is 1. The zero-order valence-corrected chi connectivity index (χ0v) is 17.2. The number of aromatic amines is 1. The van der Waals surface area contributed by atoms with E-state index >= 15 is 0 Å². The van der Waals surface area contributed by atoms with Gasteiger partial charge in [0.05, 0.1) is 30.1 Å². The highest BCUT2D eigenvalue weighted by atomic mass is 32.2. The average molecular weight is 444 g/mol. The zero-order chi connectivity index (χ0) is 21.2. The summed E-state index contributed by atoms with van der Waals surface area (Å²) >= 11 is 0. The Bertz CT molecular complexity index is 1100. The second-order valence-electron chi connectivity index (χ2n) is 6.30. The third-order valence-electron chi connectivity index (χ3n) is 4.58. The van der Waals surface area contributed by atoms with Crippen molar-refractivity contribution in [3.63, 3.8) is 0 Å². The monoisotopic (exact) mass is 443 g/mol. The predicted octanol–water partition coefficient (Wildman–Crippen LogP) is -0.397. The number of primary amides is 1.